The van der Waals surface area contributed by atoms with Gasteiger partial charge in [-0.3, -0.25) is 4.98 Å². The third kappa shape index (κ3) is 16.3. The first-order valence-electron chi connectivity index (χ1n) is 12.3. The van der Waals surface area contributed by atoms with Crippen LogP contribution in [0.2, 0.25) is 0 Å². The summed E-state index contributed by atoms with van der Waals surface area (Å²) in [6.45, 7) is 28.4. The quantitative estimate of drug-likeness (QED) is 0.330. The average molecular weight is 466 g/mol. The van der Waals surface area contributed by atoms with E-state index in [0.717, 1.165) is 5.76 Å². The first-order valence-corrected chi connectivity index (χ1v) is 12.3. The van der Waals surface area contributed by atoms with Gasteiger partial charge in [0.15, 0.2) is 0 Å². The van der Waals surface area contributed by atoms with Gasteiger partial charge in [-0.25, -0.2) is 0 Å². The minimum absolute atomic E-state index is 0.156. The van der Waals surface area contributed by atoms with Gasteiger partial charge in [0.1, 0.15) is 5.76 Å². The van der Waals surface area contributed by atoms with Crippen molar-refractivity contribution in [1.29, 1.82) is 0 Å². The molecule has 0 N–H and O–H groups in total. The number of benzene rings is 1. The number of hydrogen-bond acceptors (Lipinski definition) is 2. The fraction of sp³-hybridized carbons (Fsp3) is 0.531. The molecule has 34 heavy (non-hydrogen) atoms. The zero-order valence-corrected chi connectivity index (χ0v) is 24.3. The number of furan rings is 1. The maximum Gasteiger partial charge on any atom is 0.109 e. The van der Waals surface area contributed by atoms with Crippen LogP contribution < -0.4 is 0 Å². The molecule has 0 aliphatic carbocycles. The Balaban J connectivity index is 0.000000439. The van der Waals surface area contributed by atoms with Crippen molar-refractivity contribution in [1.82, 2.24) is 4.98 Å². The summed E-state index contributed by atoms with van der Waals surface area (Å²) in [6.07, 6.45) is 5.43. The predicted octanol–water partition coefficient (Wildman–Crippen LogP) is 9.99. The molecule has 0 saturated heterocycles. The van der Waals surface area contributed by atoms with Crippen molar-refractivity contribution in [3.63, 3.8) is 0 Å². The van der Waals surface area contributed by atoms with Crippen LogP contribution in [0.5, 0.6) is 0 Å². The number of aromatic nitrogens is 1. The van der Waals surface area contributed by atoms with Crippen molar-refractivity contribution in [2.45, 2.75) is 106 Å². The van der Waals surface area contributed by atoms with Crippen molar-refractivity contribution in [3.05, 3.63) is 90.1 Å². The van der Waals surface area contributed by atoms with E-state index in [4.69, 9.17) is 4.42 Å². The fourth-order valence-electron chi connectivity index (χ4n) is 2.45. The summed E-state index contributed by atoms with van der Waals surface area (Å²) in [7, 11) is 0. The smallest absolute Gasteiger partial charge is 0.109 e. The second-order valence-corrected chi connectivity index (χ2v) is 13.3. The van der Waals surface area contributed by atoms with Gasteiger partial charge in [0.2, 0.25) is 0 Å². The van der Waals surface area contributed by atoms with Crippen LogP contribution in [0.25, 0.3) is 0 Å². The van der Waals surface area contributed by atoms with E-state index in [9.17, 15) is 0 Å². The van der Waals surface area contributed by atoms with Crippen LogP contribution in [0.3, 0.4) is 0 Å². The molecule has 0 aliphatic rings. The molecular weight excluding hydrogens is 414 g/mol. The highest BCUT2D eigenvalue weighted by Crippen LogP contribution is 2.22. The Bertz CT molecular complexity index is 811. The molecule has 0 aliphatic heterocycles. The summed E-state index contributed by atoms with van der Waals surface area (Å²) in [6, 6.07) is 18.5. The van der Waals surface area contributed by atoms with Crippen LogP contribution >= 0.6 is 0 Å². The molecule has 0 spiro atoms. The van der Waals surface area contributed by atoms with E-state index >= 15 is 0 Å². The topological polar surface area (TPSA) is 26.0 Å². The fourth-order valence-corrected chi connectivity index (χ4v) is 2.45. The lowest BCUT2D eigenvalue weighted by Crippen LogP contribution is -2.10. The van der Waals surface area contributed by atoms with E-state index < -0.39 is 0 Å². The van der Waals surface area contributed by atoms with Crippen molar-refractivity contribution >= 4 is 0 Å². The van der Waals surface area contributed by atoms with Gasteiger partial charge in [0.05, 0.1) is 6.26 Å². The van der Waals surface area contributed by atoms with Crippen molar-refractivity contribution < 1.29 is 4.42 Å². The molecule has 2 aromatic heterocycles. The Kier molecular flexibility index (Phi) is 12.6. The molecule has 3 aromatic rings. The lowest BCUT2D eigenvalue weighted by Gasteiger charge is -2.18. The van der Waals surface area contributed by atoms with Gasteiger partial charge in [-0.05, 0) is 45.6 Å². The summed E-state index contributed by atoms with van der Waals surface area (Å²) in [5, 5.41) is 0. The molecule has 0 amide bonds. The molecule has 190 valence electrons. The first kappa shape index (κ1) is 31.6. The van der Waals surface area contributed by atoms with Crippen LogP contribution in [-0.2, 0) is 16.2 Å². The standard InChI is InChI=1S/C10H14.C9H13N.C8H12O.C5H12/c1-10(2,3)9-7-5-4-6-8-9;1-9(2,3)8-5-4-6-10-7-8;1-8(2,3)7-5-4-6-9-7;1-5(2,3)4/h4-8H,1-3H3;4-7H,1-3H3;4-6H,1-3H3;1-4H3. The monoisotopic (exact) mass is 465 g/mol. The predicted molar refractivity (Wildman–Crippen MR) is 151 cm³/mol. The molecule has 0 radical (unpaired) electrons. The molecule has 0 fully saturated rings. The molecule has 2 heterocycles. The summed E-state index contributed by atoms with van der Waals surface area (Å²) in [5.41, 5.74) is 3.86. The first-order chi connectivity index (χ1) is 15.3. The van der Waals surface area contributed by atoms with E-state index in [0.29, 0.717) is 10.8 Å². The second-order valence-electron chi connectivity index (χ2n) is 13.3. The van der Waals surface area contributed by atoms with E-state index in [1.54, 1.807) is 12.5 Å². The van der Waals surface area contributed by atoms with Crippen LogP contribution in [-0.4, -0.2) is 4.98 Å². The van der Waals surface area contributed by atoms with Gasteiger partial charge in [0, 0.05) is 17.8 Å². The largest absolute Gasteiger partial charge is 0.469 e. The van der Waals surface area contributed by atoms with E-state index in [2.05, 4.69) is 131 Å². The third-order valence-corrected chi connectivity index (χ3v) is 4.43. The lowest BCUT2D eigenvalue weighted by molar-refractivity contribution is 0.409. The molecular formula is C32H51NO. The van der Waals surface area contributed by atoms with Gasteiger partial charge in [0.25, 0.3) is 0 Å². The minimum atomic E-state index is 0.156. The Hall–Kier alpha value is -2.35. The van der Waals surface area contributed by atoms with Crippen molar-refractivity contribution in [2.75, 3.05) is 0 Å². The number of hydrogen-bond donors (Lipinski definition) is 0. The molecule has 0 atom stereocenters. The van der Waals surface area contributed by atoms with Crippen LogP contribution in [0, 0.1) is 5.41 Å². The summed E-state index contributed by atoms with van der Waals surface area (Å²) < 4.78 is 5.20. The highest BCUT2D eigenvalue weighted by Gasteiger charge is 2.15. The molecule has 0 saturated carbocycles. The van der Waals surface area contributed by atoms with Crippen LogP contribution in [0.1, 0.15) is 107 Å². The Labute approximate surface area is 211 Å². The third-order valence-electron chi connectivity index (χ3n) is 4.43. The molecule has 0 unspecified atom stereocenters. The molecule has 3 rings (SSSR count). The Morgan fingerprint density at radius 2 is 1.00 bits per heavy atom. The van der Waals surface area contributed by atoms with Crippen molar-refractivity contribution in [2.24, 2.45) is 5.41 Å². The van der Waals surface area contributed by atoms with Crippen LogP contribution in [0.15, 0.2) is 77.7 Å². The van der Waals surface area contributed by atoms with Crippen LogP contribution in [0.4, 0.5) is 0 Å². The molecule has 2 nitrogen and oxygen atoms in total. The van der Waals surface area contributed by atoms with Gasteiger partial charge in [-0.1, -0.05) is 126 Å². The maximum atomic E-state index is 5.20. The Morgan fingerprint density at radius 1 is 0.529 bits per heavy atom. The minimum Gasteiger partial charge on any atom is -0.469 e. The second kappa shape index (κ2) is 13.5. The summed E-state index contributed by atoms with van der Waals surface area (Å²) in [4.78, 5) is 4.05. The van der Waals surface area contributed by atoms with Gasteiger partial charge in [-0.15, -0.1) is 0 Å². The molecule has 1 aromatic carbocycles. The highest BCUT2D eigenvalue weighted by atomic mass is 16.3. The SMILES string of the molecule is CC(C)(C)C.CC(C)(C)c1ccccc1.CC(C)(C)c1cccnc1.CC(C)(C)c1ccco1. The number of nitrogens with zero attached hydrogens (tertiary/aromatic N) is 1. The van der Waals surface area contributed by atoms with E-state index in [1.165, 1.54) is 11.1 Å². The van der Waals surface area contributed by atoms with E-state index in [1.807, 2.05) is 24.4 Å². The van der Waals surface area contributed by atoms with E-state index in [-0.39, 0.29) is 10.8 Å². The highest BCUT2D eigenvalue weighted by molar-refractivity contribution is 5.22. The normalized spacial score (nSPS) is 11.7. The average Bonchev–Trinajstić information content (AvgIpc) is 3.23. The molecule has 2 heteroatoms. The maximum absolute atomic E-state index is 5.20. The van der Waals surface area contributed by atoms with Gasteiger partial charge >= 0.3 is 0 Å². The summed E-state index contributed by atoms with van der Waals surface area (Å²) >= 11 is 0. The molecule has 0 bridgehead atoms. The lowest BCUT2D eigenvalue weighted by atomic mass is 9.87. The summed E-state index contributed by atoms with van der Waals surface area (Å²) in [5.74, 6) is 1.04. The van der Waals surface area contributed by atoms with Gasteiger partial charge in [-0.2, -0.15) is 0 Å². The Morgan fingerprint density at radius 3 is 1.24 bits per heavy atom. The zero-order valence-electron chi connectivity index (χ0n) is 24.3. The van der Waals surface area contributed by atoms with Gasteiger partial charge < -0.3 is 4.42 Å². The number of rotatable bonds is 0. The zero-order chi connectivity index (χ0) is 26.6. The number of pyridine rings is 1. The van der Waals surface area contributed by atoms with Crippen molar-refractivity contribution in [3.8, 4) is 0 Å².